The third-order valence-corrected chi connectivity index (χ3v) is 5.95. The minimum absolute atomic E-state index is 0.575. The van der Waals surface area contributed by atoms with Crippen molar-refractivity contribution in [2.75, 3.05) is 46.3 Å². The fourth-order valence-corrected chi connectivity index (χ4v) is 4.35. The Morgan fingerprint density at radius 2 is 1.81 bits per heavy atom. The zero-order valence-electron chi connectivity index (χ0n) is 17.6. The van der Waals surface area contributed by atoms with Gasteiger partial charge in [0.2, 0.25) is 0 Å². The molecule has 5 nitrogen and oxygen atoms in total. The number of guanidine groups is 1. The minimum Gasteiger partial charge on any atom is -0.357 e. The molecule has 2 N–H and O–H groups in total. The highest BCUT2D eigenvalue weighted by atomic mass is 15.2. The van der Waals surface area contributed by atoms with E-state index in [4.69, 9.17) is 4.99 Å². The molecule has 0 spiro atoms. The van der Waals surface area contributed by atoms with E-state index in [-0.39, 0.29) is 0 Å². The summed E-state index contributed by atoms with van der Waals surface area (Å²) < 4.78 is 0. The van der Waals surface area contributed by atoms with Crippen molar-refractivity contribution < 1.29 is 0 Å². The number of nitrogens with zero attached hydrogens (tertiary/aromatic N) is 3. The maximum atomic E-state index is 4.83. The molecule has 1 saturated heterocycles. The maximum Gasteiger partial charge on any atom is 0.191 e. The first-order valence-corrected chi connectivity index (χ1v) is 11.2. The summed E-state index contributed by atoms with van der Waals surface area (Å²) in [6.45, 7) is 11.1. The first-order chi connectivity index (χ1) is 12.7. The van der Waals surface area contributed by atoms with E-state index in [2.05, 4.69) is 41.3 Å². The van der Waals surface area contributed by atoms with Crippen LogP contribution in [0.25, 0.3) is 0 Å². The second-order valence-electron chi connectivity index (χ2n) is 8.15. The first-order valence-electron chi connectivity index (χ1n) is 11.2. The fourth-order valence-electron chi connectivity index (χ4n) is 4.35. The smallest absolute Gasteiger partial charge is 0.191 e. The van der Waals surface area contributed by atoms with Gasteiger partial charge in [-0.05, 0) is 65.6 Å². The van der Waals surface area contributed by atoms with Crippen LogP contribution in [0.15, 0.2) is 4.99 Å². The van der Waals surface area contributed by atoms with Gasteiger partial charge in [0.05, 0.1) is 0 Å². The van der Waals surface area contributed by atoms with Gasteiger partial charge in [-0.15, -0.1) is 0 Å². The highest BCUT2D eigenvalue weighted by Crippen LogP contribution is 2.21. The molecule has 0 unspecified atom stereocenters. The molecule has 0 radical (unpaired) electrons. The number of hydrogen-bond acceptors (Lipinski definition) is 3. The normalized spacial score (nSPS) is 21.3. The van der Waals surface area contributed by atoms with E-state index in [1.54, 1.807) is 0 Å². The largest absolute Gasteiger partial charge is 0.357 e. The quantitative estimate of drug-likeness (QED) is 0.374. The van der Waals surface area contributed by atoms with Crippen LogP contribution < -0.4 is 10.6 Å². The molecule has 2 rings (SSSR count). The number of aliphatic imine (C=N–C) groups is 1. The molecule has 2 fully saturated rings. The van der Waals surface area contributed by atoms with Crippen LogP contribution in [-0.2, 0) is 0 Å². The average Bonchev–Trinajstić information content (AvgIpc) is 2.67. The Balaban J connectivity index is 1.67. The van der Waals surface area contributed by atoms with E-state index in [0.717, 1.165) is 31.5 Å². The highest BCUT2D eigenvalue weighted by molar-refractivity contribution is 5.80. The summed E-state index contributed by atoms with van der Waals surface area (Å²) in [7, 11) is 2.30. The van der Waals surface area contributed by atoms with Gasteiger partial charge in [0.1, 0.15) is 0 Å². The zero-order valence-corrected chi connectivity index (χ0v) is 17.6. The summed E-state index contributed by atoms with van der Waals surface area (Å²) in [4.78, 5) is 9.99. The van der Waals surface area contributed by atoms with Gasteiger partial charge in [0.15, 0.2) is 5.96 Å². The zero-order chi connectivity index (χ0) is 18.6. The van der Waals surface area contributed by atoms with Gasteiger partial charge in [-0.3, -0.25) is 4.99 Å². The lowest BCUT2D eigenvalue weighted by Crippen LogP contribution is -2.48. The Hall–Kier alpha value is -0.810. The van der Waals surface area contributed by atoms with E-state index in [9.17, 15) is 0 Å². The molecule has 5 heteroatoms. The molecule has 1 heterocycles. The predicted octanol–water partition coefficient (Wildman–Crippen LogP) is 3.07. The van der Waals surface area contributed by atoms with E-state index in [1.165, 1.54) is 77.5 Å². The van der Waals surface area contributed by atoms with Crippen LogP contribution in [0.1, 0.15) is 71.6 Å². The summed E-state index contributed by atoms with van der Waals surface area (Å²) in [6.07, 6.45) is 11.9. The standard InChI is InChI=1S/C21H43N5/c1-4-15-26-17-12-19(13-18-26)24-21(22-5-2)23-14-9-16-25(3)20-10-7-6-8-11-20/h19-20H,4-18H2,1-3H3,(H2,22,23,24). The topological polar surface area (TPSA) is 42.9 Å². The molecule has 0 atom stereocenters. The summed E-state index contributed by atoms with van der Waals surface area (Å²) in [6, 6.07) is 1.39. The van der Waals surface area contributed by atoms with Crippen molar-refractivity contribution >= 4 is 5.96 Å². The van der Waals surface area contributed by atoms with Crippen molar-refractivity contribution in [2.45, 2.75) is 83.7 Å². The summed E-state index contributed by atoms with van der Waals surface area (Å²) in [5, 5.41) is 7.10. The molecule has 1 aliphatic carbocycles. The SMILES string of the molecule is CCCN1CCC(NC(=NCCCN(C)C2CCCCC2)NCC)CC1. The Labute approximate surface area is 162 Å². The number of piperidine rings is 1. The highest BCUT2D eigenvalue weighted by Gasteiger charge is 2.19. The molecule has 152 valence electrons. The molecule has 0 aromatic rings. The monoisotopic (exact) mass is 365 g/mol. The molecule has 0 aromatic carbocycles. The van der Waals surface area contributed by atoms with E-state index in [1.807, 2.05) is 0 Å². The van der Waals surface area contributed by atoms with Gasteiger partial charge in [0, 0.05) is 38.3 Å². The molecule has 1 saturated carbocycles. The van der Waals surface area contributed by atoms with Crippen molar-refractivity contribution in [3.8, 4) is 0 Å². The Kier molecular flexibility index (Phi) is 10.4. The van der Waals surface area contributed by atoms with Gasteiger partial charge in [-0.1, -0.05) is 26.2 Å². The number of nitrogens with one attached hydrogen (secondary N) is 2. The first kappa shape index (κ1) is 21.5. The second kappa shape index (κ2) is 12.6. The Morgan fingerprint density at radius 1 is 1.08 bits per heavy atom. The van der Waals surface area contributed by atoms with Crippen LogP contribution in [0.5, 0.6) is 0 Å². The van der Waals surface area contributed by atoms with Crippen LogP contribution in [0.4, 0.5) is 0 Å². The van der Waals surface area contributed by atoms with Crippen molar-refractivity contribution in [1.82, 2.24) is 20.4 Å². The number of likely N-dealkylation sites (tertiary alicyclic amines) is 1. The van der Waals surface area contributed by atoms with Gasteiger partial charge in [-0.2, -0.15) is 0 Å². The lowest BCUT2D eigenvalue weighted by Gasteiger charge is -2.33. The van der Waals surface area contributed by atoms with Crippen molar-refractivity contribution in [2.24, 2.45) is 4.99 Å². The van der Waals surface area contributed by atoms with E-state index in [0.29, 0.717) is 6.04 Å². The molecular weight excluding hydrogens is 322 g/mol. The average molecular weight is 366 g/mol. The third-order valence-electron chi connectivity index (χ3n) is 5.95. The lowest BCUT2D eigenvalue weighted by atomic mass is 9.94. The molecule has 26 heavy (non-hydrogen) atoms. The maximum absolute atomic E-state index is 4.83. The van der Waals surface area contributed by atoms with Crippen LogP contribution >= 0.6 is 0 Å². The van der Waals surface area contributed by atoms with E-state index < -0.39 is 0 Å². The predicted molar refractivity (Wildman–Crippen MR) is 113 cm³/mol. The van der Waals surface area contributed by atoms with Crippen LogP contribution in [0, 0.1) is 0 Å². The van der Waals surface area contributed by atoms with Crippen molar-refractivity contribution in [3.63, 3.8) is 0 Å². The van der Waals surface area contributed by atoms with Crippen molar-refractivity contribution in [3.05, 3.63) is 0 Å². The van der Waals surface area contributed by atoms with Gasteiger partial charge >= 0.3 is 0 Å². The summed E-state index contributed by atoms with van der Waals surface area (Å²) in [5.41, 5.74) is 0. The third kappa shape index (κ3) is 7.83. The molecule has 1 aliphatic heterocycles. The molecule has 0 aromatic heterocycles. The summed E-state index contributed by atoms with van der Waals surface area (Å²) in [5.74, 6) is 1.02. The Morgan fingerprint density at radius 3 is 2.46 bits per heavy atom. The van der Waals surface area contributed by atoms with Crippen LogP contribution in [0.3, 0.4) is 0 Å². The number of rotatable bonds is 9. The molecule has 0 bridgehead atoms. The van der Waals surface area contributed by atoms with Gasteiger partial charge < -0.3 is 20.4 Å². The van der Waals surface area contributed by atoms with Crippen molar-refractivity contribution in [1.29, 1.82) is 0 Å². The van der Waals surface area contributed by atoms with E-state index >= 15 is 0 Å². The number of hydrogen-bond donors (Lipinski definition) is 2. The lowest BCUT2D eigenvalue weighted by molar-refractivity contribution is 0.191. The molecular formula is C21H43N5. The fraction of sp³-hybridized carbons (Fsp3) is 0.952. The van der Waals surface area contributed by atoms with Gasteiger partial charge in [0.25, 0.3) is 0 Å². The molecule has 2 aliphatic rings. The Bertz CT molecular complexity index is 384. The summed E-state index contributed by atoms with van der Waals surface area (Å²) >= 11 is 0. The molecule has 0 amide bonds. The van der Waals surface area contributed by atoms with Gasteiger partial charge in [-0.25, -0.2) is 0 Å². The second-order valence-corrected chi connectivity index (χ2v) is 8.15. The van der Waals surface area contributed by atoms with Crippen LogP contribution in [0.2, 0.25) is 0 Å². The minimum atomic E-state index is 0.575. The van der Waals surface area contributed by atoms with Crippen LogP contribution in [-0.4, -0.2) is 74.2 Å².